The molecule has 7 heteroatoms. The molecule has 1 aliphatic rings. The highest BCUT2D eigenvalue weighted by molar-refractivity contribution is 7.89. The van der Waals surface area contributed by atoms with Crippen molar-refractivity contribution in [1.82, 2.24) is 4.98 Å². The molecule has 0 unspecified atom stereocenters. The van der Waals surface area contributed by atoms with Crippen LogP contribution in [0, 0.1) is 0 Å². The first-order chi connectivity index (χ1) is 12.4. The Bertz CT molecular complexity index is 1100. The highest BCUT2D eigenvalue weighted by Crippen LogP contribution is 2.40. The van der Waals surface area contributed by atoms with Crippen molar-refractivity contribution in [2.75, 3.05) is 11.6 Å². The van der Waals surface area contributed by atoms with Gasteiger partial charge in [-0.05, 0) is 48.7 Å². The van der Waals surface area contributed by atoms with Crippen LogP contribution in [-0.4, -0.2) is 25.6 Å². The van der Waals surface area contributed by atoms with Gasteiger partial charge in [-0.15, -0.1) is 0 Å². The van der Waals surface area contributed by atoms with E-state index >= 15 is 0 Å². The SMILES string of the molecule is CS(=O)(=O)Cc1cccc(C(=O)Nc2ccc3oc(C4CC4)nc3c2)c1. The molecule has 0 atom stereocenters. The lowest BCUT2D eigenvalue weighted by molar-refractivity contribution is 0.102. The topological polar surface area (TPSA) is 89.3 Å². The quantitative estimate of drug-likeness (QED) is 0.742. The zero-order valence-electron chi connectivity index (χ0n) is 14.2. The van der Waals surface area contributed by atoms with Crippen LogP contribution in [0.2, 0.25) is 0 Å². The molecule has 1 fully saturated rings. The fourth-order valence-corrected chi connectivity index (χ4v) is 3.62. The summed E-state index contributed by atoms with van der Waals surface area (Å²) in [5.41, 5.74) is 3.04. The third kappa shape index (κ3) is 3.77. The summed E-state index contributed by atoms with van der Waals surface area (Å²) >= 11 is 0. The molecule has 4 rings (SSSR count). The molecule has 1 aliphatic carbocycles. The third-order valence-electron chi connectivity index (χ3n) is 4.21. The lowest BCUT2D eigenvalue weighted by atomic mass is 10.1. The van der Waals surface area contributed by atoms with E-state index in [-0.39, 0.29) is 11.7 Å². The molecule has 134 valence electrons. The number of benzene rings is 2. The maximum absolute atomic E-state index is 12.5. The number of rotatable bonds is 5. The van der Waals surface area contributed by atoms with Gasteiger partial charge in [-0.2, -0.15) is 0 Å². The number of hydrogen-bond donors (Lipinski definition) is 1. The number of carbonyl (C=O) groups is 1. The predicted molar refractivity (Wildman–Crippen MR) is 98.9 cm³/mol. The van der Waals surface area contributed by atoms with Gasteiger partial charge in [0.2, 0.25) is 0 Å². The number of oxazole rings is 1. The van der Waals surface area contributed by atoms with Crippen molar-refractivity contribution in [1.29, 1.82) is 0 Å². The molecule has 0 saturated heterocycles. The number of anilines is 1. The molecule has 26 heavy (non-hydrogen) atoms. The second kappa shape index (κ2) is 6.25. The van der Waals surface area contributed by atoms with Crippen molar-refractivity contribution in [3.63, 3.8) is 0 Å². The van der Waals surface area contributed by atoms with Crippen LogP contribution in [0.4, 0.5) is 5.69 Å². The summed E-state index contributed by atoms with van der Waals surface area (Å²) < 4.78 is 28.6. The normalized spacial score (nSPS) is 14.5. The van der Waals surface area contributed by atoms with Gasteiger partial charge in [-0.1, -0.05) is 12.1 Å². The van der Waals surface area contributed by atoms with Crippen molar-refractivity contribution < 1.29 is 17.6 Å². The zero-order valence-corrected chi connectivity index (χ0v) is 15.0. The standard InChI is InChI=1S/C19H18N2O4S/c1-26(23,24)11-12-3-2-4-14(9-12)18(22)20-15-7-8-17-16(10-15)21-19(25-17)13-5-6-13/h2-4,7-10,13H,5-6,11H2,1H3,(H,20,22). The minimum Gasteiger partial charge on any atom is -0.440 e. The van der Waals surface area contributed by atoms with E-state index in [0.717, 1.165) is 24.2 Å². The Hall–Kier alpha value is -2.67. The maximum Gasteiger partial charge on any atom is 0.255 e. The Morgan fingerprint density at radius 3 is 2.77 bits per heavy atom. The maximum atomic E-state index is 12.5. The van der Waals surface area contributed by atoms with Crippen molar-refractivity contribution >= 4 is 32.5 Å². The van der Waals surface area contributed by atoms with Crippen LogP contribution in [0.3, 0.4) is 0 Å². The Labute approximate surface area is 151 Å². The fourth-order valence-electron chi connectivity index (χ4n) is 2.84. The third-order valence-corrected chi connectivity index (χ3v) is 5.06. The molecule has 6 nitrogen and oxygen atoms in total. The summed E-state index contributed by atoms with van der Waals surface area (Å²) in [7, 11) is -3.15. The minimum atomic E-state index is -3.15. The number of nitrogens with one attached hydrogen (secondary N) is 1. The summed E-state index contributed by atoms with van der Waals surface area (Å²) in [4.78, 5) is 17.0. The van der Waals surface area contributed by atoms with Gasteiger partial charge >= 0.3 is 0 Å². The average molecular weight is 370 g/mol. The number of hydrogen-bond acceptors (Lipinski definition) is 5. The number of amides is 1. The zero-order chi connectivity index (χ0) is 18.3. The monoisotopic (exact) mass is 370 g/mol. The second-order valence-electron chi connectivity index (χ2n) is 6.73. The minimum absolute atomic E-state index is 0.0943. The van der Waals surface area contributed by atoms with Crippen LogP contribution in [0.1, 0.15) is 40.6 Å². The molecule has 1 aromatic heterocycles. The van der Waals surface area contributed by atoms with Crippen molar-refractivity contribution in [3.8, 4) is 0 Å². The van der Waals surface area contributed by atoms with E-state index in [0.29, 0.717) is 28.3 Å². The molecule has 0 bridgehead atoms. The molecule has 1 heterocycles. The van der Waals surface area contributed by atoms with Crippen LogP contribution in [-0.2, 0) is 15.6 Å². The van der Waals surface area contributed by atoms with Crippen LogP contribution in [0.5, 0.6) is 0 Å². The van der Waals surface area contributed by atoms with Crippen molar-refractivity contribution in [2.45, 2.75) is 24.5 Å². The smallest absolute Gasteiger partial charge is 0.255 e. The number of nitrogens with zero attached hydrogens (tertiary/aromatic N) is 1. The molecule has 2 aromatic carbocycles. The van der Waals surface area contributed by atoms with E-state index in [9.17, 15) is 13.2 Å². The first-order valence-electron chi connectivity index (χ1n) is 8.36. The summed E-state index contributed by atoms with van der Waals surface area (Å²) in [6.07, 6.45) is 3.39. The summed E-state index contributed by atoms with van der Waals surface area (Å²) in [6.45, 7) is 0. The van der Waals surface area contributed by atoms with Gasteiger partial charge in [0.1, 0.15) is 5.52 Å². The van der Waals surface area contributed by atoms with Gasteiger partial charge in [0, 0.05) is 23.4 Å². The van der Waals surface area contributed by atoms with Gasteiger partial charge in [0.25, 0.3) is 5.91 Å². The van der Waals surface area contributed by atoms with E-state index in [1.54, 1.807) is 42.5 Å². The lowest BCUT2D eigenvalue weighted by Gasteiger charge is -2.07. The van der Waals surface area contributed by atoms with Crippen LogP contribution < -0.4 is 5.32 Å². The largest absolute Gasteiger partial charge is 0.440 e. The van der Waals surface area contributed by atoms with E-state index in [1.807, 2.05) is 0 Å². The molecule has 1 amide bonds. The molecule has 0 spiro atoms. The van der Waals surface area contributed by atoms with Gasteiger partial charge in [-0.3, -0.25) is 4.79 Å². The number of carbonyl (C=O) groups excluding carboxylic acids is 1. The predicted octanol–water partition coefficient (Wildman–Crippen LogP) is 3.50. The van der Waals surface area contributed by atoms with Crippen molar-refractivity contribution in [2.24, 2.45) is 0 Å². The second-order valence-corrected chi connectivity index (χ2v) is 8.87. The Balaban J connectivity index is 1.54. The first-order valence-corrected chi connectivity index (χ1v) is 10.4. The summed E-state index contributed by atoms with van der Waals surface area (Å²) in [6, 6.07) is 12.0. The highest BCUT2D eigenvalue weighted by atomic mass is 32.2. The van der Waals surface area contributed by atoms with Gasteiger partial charge in [-0.25, -0.2) is 13.4 Å². The number of sulfone groups is 1. The van der Waals surface area contributed by atoms with Crippen LogP contribution in [0.15, 0.2) is 46.9 Å². The Kier molecular flexibility index (Phi) is 4.03. The summed E-state index contributed by atoms with van der Waals surface area (Å²) in [5, 5.41) is 2.82. The molecule has 3 aromatic rings. The van der Waals surface area contributed by atoms with E-state index in [1.165, 1.54) is 6.26 Å². The van der Waals surface area contributed by atoms with E-state index in [4.69, 9.17) is 4.42 Å². The van der Waals surface area contributed by atoms with Crippen molar-refractivity contribution in [3.05, 3.63) is 59.5 Å². The molecule has 1 saturated carbocycles. The van der Waals surface area contributed by atoms with Gasteiger partial charge in [0.05, 0.1) is 5.75 Å². The number of fused-ring (bicyclic) bond motifs is 1. The van der Waals surface area contributed by atoms with Crippen LogP contribution >= 0.6 is 0 Å². The van der Waals surface area contributed by atoms with Gasteiger partial charge < -0.3 is 9.73 Å². The summed E-state index contributed by atoms with van der Waals surface area (Å²) in [5.74, 6) is 0.795. The highest BCUT2D eigenvalue weighted by Gasteiger charge is 2.28. The average Bonchev–Trinajstić information content (AvgIpc) is 3.33. The molecular formula is C19H18N2O4S. The Morgan fingerprint density at radius 1 is 1.23 bits per heavy atom. The van der Waals surface area contributed by atoms with Gasteiger partial charge in [0.15, 0.2) is 21.3 Å². The molecule has 0 aliphatic heterocycles. The molecule has 0 radical (unpaired) electrons. The van der Waals surface area contributed by atoms with E-state index < -0.39 is 9.84 Å². The van der Waals surface area contributed by atoms with E-state index in [2.05, 4.69) is 10.3 Å². The number of aromatic nitrogens is 1. The molecular weight excluding hydrogens is 352 g/mol. The lowest BCUT2D eigenvalue weighted by Crippen LogP contribution is -2.12. The first kappa shape index (κ1) is 16.8. The molecule has 1 N–H and O–H groups in total. The van der Waals surface area contributed by atoms with Crippen LogP contribution in [0.25, 0.3) is 11.1 Å². The fraction of sp³-hybridized carbons (Fsp3) is 0.263. The Morgan fingerprint density at radius 2 is 2.04 bits per heavy atom.